The molecule has 0 spiro atoms. The molecule has 2 aromatic rings. The Hall–Kier alpha value is -1.54. The number of anilines is 1. The van der Waals surface area contributed by atoms with Crippen LogP contribution >= 0.6 is 11.3 Å². The van der Waals surface area contributed by atoms with Crippen LogP contribution in [0.3, 0.4) is 0 Å². The molecule has 2 aromatic heterocycles. The molecule has 6 nitrogen and oxygen atoms in total. The first-order valence-electron chi connectivity index (χ1n) is 9.71. The number of aliphatic hydroxyl groups excluding tert-OH is 1. The van der Waals surface area contributed by atoms with Gasteiger partial charge in [0, 0.05) is 43.4 Å². The van der Waals surface area contributed by atoms with Crippen LogP contribution in [0.4, 0.5) is 5.82 Å². The fourth-order valence-electron chi connectivity index (χ4n) is 4.55. The van der Waals surface area contributed by atoms with E-state index in [1.807, 2.05) is 11.3 Å². The van der Waals surface area contributed by atoms with Crippen LogP contribution in [-0.4, -0.2) is 64.2 Å². The second-order valence-corrected chi connectivity index (χ2v) is 9.25. The minimum Gasteiger partial charge on any atom is -0.391 e. The van der Waals surface area contributed by atoms with Crippen molar-refractivity contribution in [2.75, 3.05) is 32.5 Å². The summed E-state index contributed by atoms with van der Waals surface area (Å²) in [6.45, 7) is 4.25. The van der Waals surface area contributed by atoms with Gasteiger partial charge in [-0.2, -0.15) is 0 Å². The minimum absolute atomic E-state index is 0.0660. The topological polar surface area (TPSA) is 64.5 Å². The molecule has 2 aliphatic rings. The van der Waals surface area contributed by atoms with Gasteiger partial charge in [-0.1, -0.05) is 0 Å². The van der Waals surface area contributed by atoms with E-state index < -0.39 is 0 Å². The smallest absolute Gasteiger partial charge is 0.144 e. The lowest BCUT2D eigenvalue weighted by atomic mass is 9.77. The van der Waals surface area contributed by atoms with Gasteiger partial charge in [-0.15, -0.1) is 11.3 Å². The Kier molecular flexibility index (Phi) is 5.73. The summed E-state index contributed by atoms with van der Waals surface area (Å²) >= 11 is 1.87. The number of nitrogens with zero attached hydrogens (tertiary/aromatic N) is 4. The van der Waals surface area contributed by atoms with E-state index in [4.69, 9.17) is 0 Å². The maximum atomic E-state index is 10.6. The van der Waals surface area contributed by atoms with Crippen LogP contribution in [0.5, 0.6) is 0 Å². The molecule has 0 radical (unpaired) electrons. The molecule has 0 unspecified atom stereocenters. The molecule has 0 aromatic carbocycles. The number of thiophene rings is 1. The average Bonchev–Trinajstić information content (AvgIpc) is 3.22. The van der Waals surface area contributed by atoms with Crippen LogP contribution in [0.1, 0.15) is 23.3 Å². The lowest BCUT2D eigenvalue weighted by Crippen LogP contribution is -2.43. The summed E-state index contributed by atoms with van der Waals surface area (Å²) in [7, 11) is 4.22. The molecule has 146 valence electrons. The van der Waals surface area contributed by atoms with Crippen molar-refractivity contribution in [1.82, 2.24) is 19.8 Å². The fourth-order valence-corrected chi connectivity index (χ4v) is 5.47. The van der Waals surface area contributed by atoms with Crippen LogP contribution in [0.2, 0.25) is 0 Å². The summed E-state index contributed by atoms with van der Waals surface area (Å²) in [6, 6.07) is 2.41. The first kappa shape index (κ1) is 18.8. The Morgan fingerprint density at radius 2 is 2.07 bits per heavy atom. The number of aromatic nitrogens is 2. The predicted octanol–water partition coefficient (Wildman–Crippen LogP) is 2.28. The second-order valence-electron chi connectivity index (χ2n) is 8.25. The van der Waals surface area contributed by atoms with E-state index in [1.54, 1.807) is 18.6 Å². The third kappa shape index (κ3) is 4.66. The number of fused-ring (bicyclic) bond motifs is 1. The average molecular weight is 388 g/mol. The largest absolute Gasteiger partial charge is 0.391 e. The Morgan fingerprint density at radius 3 is 2.81 bits per heavy atom. The molecular weight excluding hydrogens is 358 g/mol. The molecule has 2 fully saturated rings. The molecular formula is C20H29N5OS. The Labute approximate surface area is 165 Å². The SMILES string of the molecule is CN(C)Cc1csc(CN2C[C@H]3C[C@@H](Nc4cnccn4)[C@H](O)C[C@H]3C2)c1. The van der Waals surface area contributed by atoms with Gasteiger partial charge < -0.3 is 15.3 Å². The van der Waals surface area contributed by atoms with Gasteiger partial charge in [0.15, 0.2) is 0 Å². The molecule has 4 atom stereocenters. The molecule has 2 N–H and O–H groups in total. The zero-order valence-electron chi connectivity index (χ0n) is 16.1. The molecule has 0 amide bonds. The number of hydrogen-bond donors (Lipinski definition) is 2. The first-order chi connectivity index (χ1) is 13.1. The van der Waals surface area contributed by atoms with Gasteiger partial charge in [0.2, 0.25) is 0 Å². The Morgan fingerprint density at radius 1 is 1.26 bits per heavy atom. The highest BCUT2D eigenvalue weighted by molar-refractivity contribution is 7.10. The molecule has 7 heteroatoms. The third-order valence-electron chi connectivity index (χ3n) is 5.70. The summed E-state index contributed by atoms with van der Waals surface area (Å²) in [4.78, 5) is 14.6. The van der Waals surface area contributed by atoms with E-state index in [0.29, 0.717) is 11.8 Å². The highest BCUT2D eigenvalue weighted by Crippen LogP contribution is 2.38. The standard InChI is InChI=1S/C20H29N5OS/c1-24(2)9-14-5-17(27-13-14)12-25-10-15-6-18(19(26)7-16(15)11-25)23-20-8-21-3-4-22-20/h3-5,8,13,15-16,18-19,26H,6-7,9-12H2,1-2H3,(H,22,23)/t15-,16+,18-,19-/m1/s1. The van der Waals surface area contributed by atoms with Gasteiger partial charge in [0.05, 0.1) is 18.3 Å². The van der Waals surface area contributed by atoms with Crippen molar-refractivity contribution < 1.29 is 5.11 Å². The summed E-state index contributed by atoms with van der Waals surface area (Å²) < 4.78 is 0. The van der Waals surface area contributed by atoms with Crippen LogP contribution in [-0.2, 0) is 13.1 Å². The van der Waals surface area contributed by atoms with E-state index in [2.05, 4.69) is 50.6 Å². The van der Waals surface area contributed by atoms with E-state index in [0.717, 1.165) is 44.8 Å². The maximum absolute atomic E-state index is 10.6. The Balaban J connectivity index is 1.33. The van der Waals surface area contributed by atoms with Crippen molar-refractivity contribution in [3.63, 3.8) is 0 Å². The summed E-state index contributed by atoms with van der Waals surface area (Å²) in [5, 5.41) is 16.3. The zero-order valence-corrected chi connectivity index (χ0v) is 16.9. The van der Waals surface area contributed by atoms with Gasteiger partial charge >= 0.3 is 0 Å². The van der Waals surface area contributed by atoms with Gasteiger partial charge in [-0.05, 0) is 55.8 Å². The van der Waals surface area contributed by atoms with Gasteiger partial charge in [0.25, 0.3) is 0 Å². The number of likely N-dealkylation sites (tertiary alicyclic amines) is 1. The fraction of sp³-hybridized carbons (Fsp3) is 0.600. The van der Waals surface area contributed by atoms with Crippen LogP contribution in [0.15, 0.2) is 30.0 Å². The highest BCUT2D eigenvalue weighted by atomic mass is 32.1. The van der Waals surface area contributed by atoms with Crippen LogP contribution in [0.25, 0.3) is 0 Å². The monoisotopic (exact) mass is 387 g/mol. The lowest BCUT2D eigenvalue weighted by Gasteiger charge is -2.35. The van der Waals surface area contributed by atoms with Gasteiger partial charge in [-0.3, -0.25) is 9.88 Å². The highest BCUT2D eigenvalue weighted by Gasteiger charge is 2.41. The molecule has 27 heavy (non-hydrogen) atoms. The third-order valence-corrected chi connectivity index (χ3v) is 6.67. The van der Waals surface area contributed by atoms with Crippen molar-refractivity contribution in [2.45, 2.75) is 38.1 Å². The van der Waals surface area contributed by atoms with Crippen molar-refractivity contribution in [1.29, 1.82) is 0 Å². The number of aliphatic hydroxyl groups is 1. The zero-order chi connectivity index (χ0) is 18.8. The number of nitrogens with one attached hydrogen (secondary N) is 1. The molecule has 4 rings (SSSR count). The molecule has 1 aliphatic heterocycles. The van der Waals surface area contributed by atoms with Gasteiger partial charge in [-0.25, -0.2) is 4.98 Å². The predicted molar refractivity (Wildman–Crippen MR) is 109 cm³/mol. The maximum Gasteiger partial charge on any atom is 0.144 e. The normalized spacial score (nSPS) is 28.4. The van der Waals surface area contributed by atoms with E-state index >= 15 is 0 Å². The quantitative estimate of drug-likeness (QED) is 0.793. The van der Waals surface area contributed by atoms with E-state index in [9.17, 15) is 5.11 Å². The molecule has 1 saturated heterocycles. The van der Waals surface area contributed by atoms with Crippen LogP contribution in [0, 0.1) is 11.8 Å². The summed E-state index contributed by atoms with van der Waals surface area (Å²) in [5.41, 5.74) is 1.40. The minimum atomic E-state index is -0.318. The van der Waals surface area contributed by atoms with Crippen molar-refractivity contribution in [3.8, 4) is 0 Å². The second kappa shape index (κ2) is 8.22. The number of rotatable bonds is 6. The van der Waals surface area contributed by atoms with Crippen molar-refractivity contribution >= 4 is 17.2 Å². The van der Waals surface area contributed by atoms with Gasteiger partial charge in [0.1, 0.15) is 5.82 Å². The molecule has 1 saturated carbocycles. The molecule has 0 bridgehead atoms. The number of hydrogen-bond acceptors (Lipinski definition) is 7. The summed E-state index contributed by atoms with van der Waals surface area (Å²) in [5.74, 6) is 1.99. The lowest BCUT2D eigenvalue weighted by molar-refractivity contribution is 0.0735. The molecule has 1 aliphatic carbocycles. The molecule has 3 heterocycles. The first-order valence-corrected chi connectivity index (χ1v) is 10.6. The van der Waals surface area contributed by atoms with E-state index in [-0.39, 0.29) is 12.1 Å². The van der Waals surface area contributed by atoms with Crippen molar-refractivity contribution in [2.24, 2.45) is 11.8 Å². The Bertz CT molecular complexity index is 737. The summed E-state index contributed by atoms with van der Waals surface area (Å²) in [6.07, 6.45) is 6.62. The van der Waals surface area contributed by atoms with Crippen molar-refractivity contribution in [3.05, 3.63) is 40.5 Å². The van der Waals surface area contributed by atoms with E-state index in [1.165, 1.54) is 10.4 Å². The van der Waals surface area contributed by atoms with Crippen LogP contribution < -0.4 is 5.32 Å².